The van der Waals surface area contributed by atoms with E-state index in [-0.39, 0.29) is 0 Å². The van der Waals surface area contributed by atoms with Gasteiger partial charge in [0.2, 0.25) is 0 Å². The van der Waals surface area contributed by atoms with Crippen molar-refractivity contribution >= 4 is 5.69 Å². The molecule has 0 amide bonds. The van der Waals surface area contributed by atoms with Gasteiger partial charge in [-0.25, -0.2) is 0 Å². The van der Waals surface area contributed by atoms with Crippen molar-refractivity contribution in [2.45, 2.75) is 6.92 Å². The Balaban J connectivity index is 0.000000247. The van der Waals surface area contributed by atoms with Gasteiger partial charge in [-0.05, 0) is 33.2 Å². The van der Waals surface area contributed by atoms with Gasteiger partial charge in [0.15, 0.2) is 0 Å². The Morgan fingerprint density at radius 2 is 1.12 bits per heavy atom. The van der Waals surface area contributed by atoms with E-state index in [0.717, 1.165) is 5.69 Å². The van der Waals surface area contributed by atoms with Crippen LogP contribution >= 0.6 is 0 Å². The predicted octanol–water partition coefficient (Wildman–Crippen LogP) is 3.10. The fraction of sp³-hybridized carbons (Fsp3) is 0.200. The van der Waals surface area contributed by atoms with Crippen LogP contribution in [0.4, 0.5) is 5.69 Å². The van der Waals surface area contributed by atoms with Gasteiger partial charge < -0.3 is 11.1 Å². The van der Waals surface area contributed by atoms with E-state index in [1.807, 2.05) is 62.6 Å². The third kappa shape index (κ3) is 10.5. The van der Waals surface area contributed by atoms with Crippen LogP contribution in [0.2, 0.25) is 0 Å². The molecule has 0 heterocycles. The van der Waals surface area contributed by atoms with Crippen molar-refractivity contribution in [3.8, 4) is 0 Å². The minimum absolute atomic E-state index is 0.822. The number of nitrogens with two attached hydrogens (primary N) is 1. The minimum atomic E-state index is 0.822. The Hall–Kier alpha value is -1.80. The summed E-state index contributed by atoms with van der Waals surface area (Å²) in [6, 6.07) is 19.7. The first-order valence-corrected chi connectivity index (χ1v) is 5.61. The van der Waals surface area contributed by atoms with Crippen LogP contribution in [0.3, 0.4) is 0 Å². The molecule has 0 aliphatic heterocycles. The molecule has 0 radical (unpaired) electrons. The zero-order chi connectivity index (χ0) is 12.9. The summed E-state index contributed by atoms with van der Waals surface area (Å²) in [4.78, 5) is 0. The molecule has 2 aromatic carbocycles. The standard InChI is InChI=1S/C7H8.C6H7N.C2H7N/c1-7-5-3-2-4-6-7;7-6-4-2-1-3-5-6;1-3-2/h2-6H,1H3;1-5H,7H2;3H,1-2H3. The van der Waals surface area contributed by atoms with Crippen LogP contribution < -0.4 is 11.1 Å². The molecule has 92 valence electrons. The molecule has 0 aliphatic carbocycles. The lowest BCUT2D eigenvalue weighted by atomic mass is 10.2. The maximum Gasteiger partial charge on any atom is 0.0313 e. The molecule has 17 heavy (non-hydrogen) atoms. The number of rotatable bonds is 0. The Labute approximate surface area is 104 Å². The second-order valence-corrected chi connectivity index (χ2v) is 3.57. The first kappa shape index (κ1) is 15.2. The summed E-state index contributed by atoms with van der Waals surface area (Å²) in [7, 11) is 3.75. The van der Waals surface area contributed by atoms with Crippen LogP contribution in [0, 0.1) is 6.92 Å². The summed E-state index contributed by atoms with van der Waals surface area (Å²) < 4.78 is 0. The third-order valence-corrected chi connectivity index (χ3v) is 1.74. The number of aryl methyl sites for hydroxylation is 1. The van der Waals surface area contributed by atoms with Gasteiger partial charge in [-0.1, -0.05) is 54.1 Å². The lowest BCUT2D eigenvalue weighted by Gasteiger charge is -1.83. The zero-order valence-corrected chi connectivity index (χ0v) is 10.9. The predicted molar refractivity (Wildman–Crippen MR) is 77.0 cm³/mol. The van der Waals surface area contributed by atoms with Crippen molar-refractivity contribution in [2.75, 3.05) is 19.8 Å². The maximum atomic E-state index is 5.36. The van der Waals surface area contributed by atoms with Gasteiger partial charge in [-0.2, -0.15) is 0 Å². The van der Waals surface area contributed by atoms with E-state index >= 15 is 0 Å². The SMILES string of the molecule is CNC.Cc1ccccc1.Nc1ccccc1. The molecule has 0 fully saturated rings. The van der Waals surface area contributed by atoms with E-state index in [2.05, 4.69) is 24.4 Å². The summed E-state index contributed by atoms with van der Waals surface area (Å²) in [5, 5.41) is 2.75. The van der Waals surface area contributed by atoms with E-state index in [0.29, 0.717) is 0 Å². The first-order chi connectivity index (χ1) is 8.20. The number of para-hydroxylation sites is 1. The van der Waals surface area contributed by atoms with Crippen molar-refractivity contribution < 1.29 is 0 Å². The summed E-state index contributed by atoms with van der Waals surface area (Å²) in [5.41, 5.74) is 7.50. The molecule has 2 rings (SSSR count). The zero-order valence-electron chi connectivity index (χ0n) is 10.9. The minimum Gasteiger partial charge on any atom is -0.399 e. The summed E-state index contributed by atoms with van der Waals surface area (Å²) in [6.07, 6.45) is 0. The quantitative estimate of drug-likeness (QED) is 0.682. The van der Waals surface area contributed by atoms with E-state index in [1.54, 1.807) is 0 Å². The van der Waals surface area contributed by atoms with Gasteiger partial charge >= 0.3 is 0 Å². The van der Waals surface area contributed by atoms with Crippen LogP contribution in [-0.2, 0) is 0 Å². The number of hydrogen-bond acceptors (Lipinski definition) is 2. The number of nitrogen functional groups attached to an aromatic ring is 1. The number of anilines is 1. The summed E-state index contributed by atoms with van der Waals surface area (Å²) >= 11 is 0. The number of benzene rings is 2. The molecule has 2 nitrogen and oxygen atoms in total. The van der Waals surface area contributed by atoms with Crippen molar-refractivity contribution in [2.24, 2.45) is 0 Å². The highest BCUT2D eigenvalue weighted by molar-refractivity contribution is 5.35. The van der Waals surface area contributed by atoms with Crippen LogP contribution in [0.1, 0.15) is 5.56 Å². The van der Waals surface area contributed by atoms with Crippen LogP contribution in [-0.4, -0.2) is 14.1 Å². The van der Waals surface area contributed by atoms with Crippen LogP contribution in [0.15, 0.2) is 60.7 Å². The molecule has 0 atom stereocenters. The molecule has 3 N–H and O–H groups in total. The fourth-order valence-electron chi connectivity index (χ4n) is 0.987. The molecule has 0 aromatic heterocycles. The number of nitrogens with one attached hydrogen (secondary N) is 1. The van der Waals surface area contributed by atoms with Gasteiger partial charge in [0.25, 0.3) is 0 Å². The van der Waals surface area contributed by atoms with Gasteiger partial charge in [0.05, 0.1) is 0 Å². The maximum absolute atomic E-state index is 5.36. The van der Waals surface area contributed by atoms with E-state index in [9.17, 15) is 0 Å². The van der Waals surface area contributed by atoms with Gasteiger partial charge in [0.1, 0.15) is 0 Å². The highest BCUT2D eigenvalue weighted by atomic mass is 14.7. The van der Waals surface area contributed by atoms with Crippen molar-refractivity contribution in [3.05, 3.63) is 66.2 Å². The number of hydrogen-bond donors (Lipinski definition) is 2. The Morgan fingerprint density at radius 3 is 1.29 bits per heavy atom. The average molecular weight is 230 g/mol. The molecule has 0 bridgehead atoms. The molecular formula is C15H22N2. The van der Waals surface area contributed by atoms with Crippen molar-refractivity contribution in [1.29, 1.82) is 0 Å². The molecule has 2 aromatic rings. The molecule has 0 spiro atoms. The van der Waals surface area contributed by atoms with Crippen LogP contribution in [0.25, 0.3) is 0 Å². The molecular weight excluding hydrogens is 208 g/mol. The monoisotopic (exact) mass is 230 g/mol. The Kier molecular flexibility index (Phi) is 9.58. The molecule has 0 unspecified atom stereocenters. The Morgan fingerprint density at radius 1 is 0.765 bits per heavy atom. The van der Waals surface area contributed by atoms with Gasteiger partial charge in [-0.3, -0.25) is 0 Å². The van der Waals surface area contributed by atoms with Gasteiger partial charge in [0, 0.05) is 5.69 Å². The van der Waals surface area contributed by atoms with Gasteiger partial charge in [-0.15, -0.1) is 0 Å². The molecule has 0 saturated carbocycles. The fourth-order valence-corrected chi connectivity index (χ4v) is 0.987. The topological polar surface area (TPSA) is 38.0 Å². The summed E-state index contributed by atoms with van der Waals surface area (Å²) in [5.74, 6) is 0. The molecule has 0 aliphatic rings. The van der Waals surface area contributed by atoms with E-state index in [4.69, 9.17) is 5.73 Å². The lowest BCUT2D eigenvalue weighted by Crippen LogP contribution is -1.89. The van der Waals surface area contributed by atoms with E-state index < -0.39 is 0 Å². The average Bonchev–Trinajstić information content (AvgIpc) is 2.33. The normalized spacial score (nSPS) is 8.18. The largest absolute Gasteiger partial charge is 0.399 e. The van der Waals surface area contributed by atoms with Crippen LogP contribution in [0.5, 0.6) is 0 Å². The highest BCUT2D eigenvalue weighted by Gasteiger charge is 1.72. The second-order valence-electron chi connectivity index (χ2n) is 3.57. The first-order valence-electron chi connectivity index (χ1n) is 5.61. The van der Waals surface area contributed by atoms with Crippen molar-refractivity contribution in [1.82, 2.24) is 5.32 Å². The smallest absolute Gasteiger partial charge is 0.0313 e. The second kappa shape index (κ2) is 10.7. The van der Waals surface area contributed by atoms with E-state index in [1.165, 1.54) is 5.56 Å². The Bertz CT molecular complexity index is 320. The molecule has 0 saturated heterocycles. The molecule has 2 heteroatoms. The third-order valence-electron chi connectivity index (χ3n) is 1.74. The highest BCUT2D eigenvalue weighted by Crippen LogP contribution is 1.95. The van der Waals surface area contributed by atoms with Crippen molar-refractivity contribution in [3.63, 3.8) is 0 Å². The lowest BCUT2D eigenvalue weighted by molar-refractivity contribution is 1.02. The summed E-state index contributed by atoms with van der Waals surface area (Å²) in [6.45, 7) is 2.08.